The molecule has 4 rings (SSSR count). The van der Waals surface area contributed by atoms with E-state index in [9.17, 15) is 0 Å². The van der Waals surface area contributed by atoms with Crippen LogP contribution in [-0.4, -0.2) is 17.9 Å². The maximum atomic E-state index is 6.46. The number of anilines is 1. The SMILES string of the molecule is COc1cccc2c1OC1(C)CC2NC(=S)N1c1cccc(C)c1. The van der Waals surface area contributed by atoms with Gasteiger partial charge in [0, 0.05) is 17.7 Å². The van der Waals surface area contributed by atoms with Gasteiger partial charge >= 0.3 is 0 Å². The van der Waals surface area contributed by atoms with Gasteiger partial charge in [0.2, 0.25) is 0 Å². The monoisotopic (exact) mass is 340 g/mol. The lowest BCUT2D eigenvalue weighted by atomic mass is 9.90. The highest BCUT2D eigenvalue weighted by atomic mass is 32.1. The predicted molar refractivity (Wildman–Crippen MR) is 98.8 cm³/mol. The van der Waals surface area contributed by atoms with E-state index in [1.807, 2.05) is 18.2 Å². The zero-order valence-electron chi connectivity index (χ0n) is 14.0. The summed E-state index contributed by atoms with van der Waals surface area (Å²) < 4.78 is 12.0. The van der Waals surface area contributed by atoms with Gasteiger partial charge in [-0.25, -0.2) is 0 Å². The van der Waals surface area contributed by atoms with E-state index in [-0.39, 0.29) is 6.04 Å². The van der Waals surface area contributed by atoms with Crippen LogP contribution < -0.4 is 19.7 Å². The lowest BCUT2D eigenvalue weighted by Gasteiger charge is -2.52. The van der Waals surface area contributed by atoms with Crippen LogP contribution in [0.15, 0.2) is 42.5 Å². The number of rotatable bonds is 2. The molecule has 0 amide bonds. The summed E-state index contributed by atoms with van der Waals surface area (Å²) >= 11 is 5.67. The van der Waals surface area contributed by atoms with Gasteiger partial charge in [-0.1, -0.05) is 24.3 Å². The molecule has 0 aliphatic carbocycles. The third-order valence-corrected chi connectivity index (χ3v) is 5.04. The number of aryl methyl sites for hydroxylation is 1. The molecule has 4 nitrogen and oxygen atoms in total. The molecule has 2 aromatic carbocycles. The fourth-order valence-corrected chi connectivity index (χ4v) is 4.12. The Balaban J connectivity index is 1.83. The number of ether oxygens (including phenoxy) is 2. The Kier molecular flexibility index (Phi) is 3.42. The molecule has 2 atom stereocenters. The Morgan fingerprint density at radius 3 is 2.83 bits per heavy atom. The first kappa shape index (κ1) is 15.3. The van der Waals surface area contributed by atoms with Crippen LogP contribution in [0.2, 0.25) is 0 Å². The maximum Gasteiger partial charge on any atom is 0.188 e. The van der Waals surface area contributed by atoms with Crippen LogP contribution >= 0.6 is 12.2 Å². The fraction of sp³-hybridized carbons (Fsp3) is 0.316. The van der Waals surface area contributed by atoms with Crippen molar-refractivity contribution in [1.82, 2.24) is 5.32 Å². The van der Waals surface area contributed by atoms with E-state index in [4.69, 9.17) is 21.7 Å². The van der Waals surface area contributed by atoms with Crippen LogP contribution in [0.1, 0.15) is 30.5 Å². The molecule has 0 spiro atoms. The highest BCUT2D eigenvalue weighted by molar-refractivity contribution is 7.80. The van der Waals surface area contributed by atoms with Crippen LogP contribution in [-0.2, 0) is 0 Å². The first-order valence-corrected chi connectivity index (χ1v) is 8.46. The summed E-state index contributed by atoms with van der Waals surface area (Å²) in [4.78, 5) is 2.07. The molecule has 2 aliphatic heterocycles. The molecule has 2 bridgehead atoms. The molecule has 0 saturated carbocycles. The first-order valence-electron chi connectivity index (χ1n) is 8.05. The lowest BCUT2D eigenvalue weighted by molar-refractivity contribution is 0.0464. The van der Waals surface area contributed by atoms with E-state index in [0.29, 0.717) is 5.11 Å². The average molecular weight is 340 g/mol. The van der Waals surface area contributed by atoms with E-state index in [2.05, 4.69) is 48.3 Å². The summed E-state index contributed by atoms with van der Waals surface area (Å²) in [6.45, 7) is 4.17. The Morgan fingerprint density at radius 1 is 1.29 bits per heavy atom. The minimum atomic E-state index is -0.553. The number of methoxy groups -OCH3 is 1. The van der Waals surface area contributed by atoms with Crippen molar-refractivity contribution in [3.8, 4) is 11.5 Å². The van der Waals surface area contributed by atoms with Gasteiger partial charge in [0.15, 0.2) is 22.3 Å². The number of nitrogens with one attached hydrogen (secondary N) is 1. The smallest absolute Gasteiger partial charge is 0.188 e. The summed E-state index contributed by atoms with van der Waals surface area (Å²) in [6.07, 6.45) is 0.807. The molecule has 2 heterocycles. The molecule has 2 aromatic rings. The molecule has 1 saturated heterocycles. The normalized spacial score (nSPS) is 24.7. The van der Waals surface area contributed by atoms with Crippen molar-refractivity contribution in [2.45, 2.75) is 32.0 Å². The molecule has 2 unspecified atom stereocenters. The average Bonchev–Trinajstić information content (AvgIpc) is 2.53. The number of benzene rings is 2. The lowest BCUT2D eigenvalue weighted by Crippen LogP contribution is -2.65. The second kappa shape index (κ2) is 5.38. The molecule has 0 aromatic heterocycles. The standard InChI is InChI=1S/C19H20N2O2S/c1-12-6-4-7-13(10-12)21-18(24)20-15-11-19(21,2)23-17-14(15)8-5-9-16(17)22-3/h4-10,15H,11H2,1-3H3,(H,20,24). The van der Waals surface area contributed by atoms with Gasteiger partial charge in [0.05, 0.1) is 13.2 Å². The number of thiocarbonyl (C=S) groups is 1. The molecule has 2 aliphatic rings. The summed E-state index contributed by atoms with van der Waals surface area (Å²) in [5, 5.41) is 4.16. The van der Waals surface area contributed by atoms with E-state index >= 15 is 0 Å². The first-order chi connectivity index (χ1) is 11.5. The van der Waals surface area contributed by atoms with Gasteiger partial charge in [0.1, 0.15) is 0 Å². The zero-order chi connectivity index (χ0) is 16.9. The van der Waals surface area contributed by atoms with Crippen LogP contribution in [0.5, 0.6) is 11.5 Å². The quantitative estimate of drug-likeness (QED) is 0.838. The summed E-state index contributed by atoms with van der Waals surface area (Å²) in [7, 11) is 1.67. The van der Waals surface area contributed by atoms with Crippen molar-refractivity contribution in [2.24, 2.45) is 0 Å². The summed E-state index contributed by atoms with van der Waals surface area (Å²) in [5.41, 5.74) is 2.77. The third kappa shape index (κ3) is 2.23. The number of para-hydroxylation sites is 1. The van der Waals surface area contributed by atoms with Gasteiger partial charge in [-0.05, 0) is 49.8 Å². The fourth-order valence-electron chi connectivity index (χ4n) is 3.68. The van der Waals surface area contributed by atoms with Crippen molar-refractivity contribution in [3.05, 3.63) is 53.6 Å². The molecule has 1 fully saturated rings. The number of nitrogens with zero attached hydrogens (tertiary/aromatic N) is 1. The Morgan fingerprint density at radius 2 is 2.08 bits per heavy atom. The van der Waals surface area contributed by atoms with E-state index in [1.165, 1.54) is 5.56 Å². The van der Waals surface area contributed by atoms with E-state index < -0.39 is 5.72 Å². The molecule has 1 N–H and O–H groups in total. The number of hydrogen-bond acceptors (Lipinski definition) is 3. The van der Waals surface area contributed by atoms with Crippen molar-refractivity contribution in [1.29, 1.82) is 0 Å². The number of fused-ring (bicyclic) bond motifs is 4. The Bertz CT molecular complexity index is 823. The minimum Gasteiger partial charge on any atom is -0.493 e. The van der Waals surface area contributed by atoms with Crippen LogP contribution in [0.3, 0.4) is 0 Å². The van der Waals surface area contributed by atoms with E-state index in [0.717, 1.165) is 29.2 Å². The second-order valence-corrected chi connectivity index (χ2v) is 6.92. The van der Waals surface area contributed by atoms with Crippen LogP contribution in [0.25, 0.3) is 0 Å². The van der Waals surface area contributed by atoms with Crippen LogP contribution in [0, 0.1) is 6.92 Å². The van der Waals surface area contributed by atoms with Gasteiger partial charge < -0.3 is 14.8 Å². The molecule has 24 heavy (non-hydrogen) atoms. The topological polar surface area (TPSA) is 33.7 Å². The van der Waals surface area contributed by atoms with Crippen LogP contribution in [0.4, 0.5) is 5.69 Å². The van der Waals surface area contributed by atoms with Crippen molar-refractivity contribution in [3.63, 3.8) is 0 Å². The summed E-state index contributed by atoms with van der Waals surface area (Å²) in [5.74, 6) is 1.55. The highest BCUT2D eigenvalue weighted by Crippen LogP contribution is 2.49. The molecule has 5 heteroatoms. The van der Waals surface area contributed by atoms with Gasteiger partial charge in [-0.2, -0.15) is 0 Å². The third-order valence-electron chi connectivity index (χ3n) is 4.74. The van der Waals surface area contributed by atoms with Gasteiger partial charge in [-0.3, -0.25) is 4.90 Å². The minimum absolute atomic E-state index is 0.127. The van der Waals surface area contributed by atoms with Gasteiger partial charge in [-0.15, -0.1) is 0 Å². The Hall–Kier alpha value is -2.27. The second-order valence-electron chi connectivity index (χ2n) is 6.54. The molecular formula is C19H20N2O2S. The molecule has 124 valence electrons. The zero-order valence-corrected chi connectivity index (χ0v) is 14.8. The Labute approximate surface area is 147 Å². The highest BCUT2D eigenvalue weighted by Gasteiger charge is 2.49. The van der Waals surface area contributed by atoms with Crippen molar-refractivity contribution >= 4 is 23.0 Å². The molecular weight excluding hydrogens is 320 g/mol. The largest absolute Gasteiger partial charge is 0.493 e. The van der Waals surface area contributed by atoms with Crippen molar-refractivity contribution in [2.75, 3.05) is 12.0 Å². The number of hydrogen-bond donors (Lipinski definition) is 1. The maximum absolute atomic E-state index is 6.46. The van der Waals surface area contributed by atoms with Gasteiger partial charge in [0.25, 0.3) is 0 Å². The summed E-state index contributed by atoms with van der Waals surface area (Å²) in [6, 6.07) is 14.4. The van der Waals surface area contributed by atoms with Crippen molar-refractivity contribution < 1.29 is 9.47 Å². The van der Waals surface area contributed by atoms with E-state index in [1.54, 1.807) is 7.11 Å². The molecule has 0 radical (unpaired) electrons. The predicted octanol–water partition coefficient (Wildman–Crippen LogP) is 3.94.